The maximum absolute atomic E-state index is 6.52. The predicted octanol–water partition coefficient (Wildman–Crippen LogP) is 2.97. The first kappa shape index (κ1) is 12.9. The highest BCUT2D eigenvalue weighted by Crippen LogP contribution is 2.40. The van der Waals surface area contributed by atoms with Gasteiger partial charge in [0.2, 0.25) is 0 Å². The normalized spacial score (nSPS) is 28.3. The molecule has 0 aliphatic carbocycles. The van der Waals surface area contributed by atoms with E-state index in [1.54, 1.807) is 0 Å². The predicted molar refractivity (Wildman–Crippen MR) is 75.4 cm³/mol. The van der Waals surface area contributed by atoms with Crippen LogP contribution in [-0.4, -0.2) is 18.8 Å². The maximum atomic E-state index is 6.52. The van der Waals surface area contributed by atoms with Gasteiger partial charge < -0.3 is 15.2 Å². The standard InChI is InChI=1S/C16H23NO2/c1-16(9-2-3-11-19-16)15(17)13-8-4-6-12-7-5-10-18-14(12)13/h4,6,8,15H,2-3,5,7,9-11,17H2,1H3. The van der Waals surface area contributed by atoms with Crippen molar-refractivity contribution in [3.05, 3.63) is 29.3 Å². The molecule has 0 bridgehead atoms. The van der Waals surface area contributed by atoms with Crippen LogP contribution in [0.3, 0.4) is 0 Å². The highest BCUT2D eigenvalue weighted by Gasteiger charge is 2.37. The number of rotatable bonds is 2. The van der Waals surface area contributed by atoms with Crippen LogP contribution in [0.25, 0.3) is 0 Å². The lowest BCUT2D eigenvalue weighted by Gasteiger charge is -2.39. The van der Waals surface area contributed by atoms with Crippen molar-refractivity contribution in [2.45, 2.75) is 50.7 Å². The number of benzene rings is 1. The zero-order chi connectivity index (χ0) is 13.3. The SMILES string of the molecule is CC1(C(N)c2cccc3c2OCCC3)CCCCO1. The van der Waals surface area contributed by atoms with Crippen LogP contribution in [0.15, 0.2) is 18.2 Å². The topological polar surface area (TPSA) is 44.5 Å². The van der Waals surface area contributed by atoms with Crippen LogP contribution in [0.2, 0.25) is 0 Å². The second-order valence-corrected chi connectivity index (χ2v) is 5.88. The molecule has 3 nitrogen and oxygen atoms in total. The van der Waals surface area contributed by atoms with Crippen molar-refractivity contribution in [1.29, 1.82) is 0 Å². The summed E-state index contributed by atoms with van der Waals surface area (Å²) in [6.07, 6.45) is 5.55. The number of fused-ring (bicyclic) bond motifs is 1. The molecule has 3 heteroatoms. The van der Waals surface area contributed by atoms with Crippen molar-refractivity contribution in [1.82, 2.24) is 0 Å². The van der Waals surface area contributed by atoms with Crippen molar-refractivity contribution in [2.24, 2.45) is 5.73 Å². The van der Waals surface area contributed by atoms with E-state index in [0.717, 1.165) is 50.2 Å². The minimum absolute atomic E-state index is 0.110. The molecule has 104 valence electrons. The van der Waals surface area contributed by atoms with Gasteiger partial charge >= 0.3 is 0 Å². The third-order valence-electron chi connectivity index (χ3n) is 4.46. The summed E-state index contributed by atoms with van der Waals surface area (Å²) in [4.78, 5) is 0. The third-order valence-corrected chi connectivity index (χ3v) is 4.46. The molecule has 2 N–H and O–H groups in total. The van der Waals surface area contributed by atoms with Crippen LogP contribution in [0.5, 0.6) is 5.75 Å². The molecule has 0 radical (unpaired) electrons. The van der Waals surface area contributed by atoms with Crippen LogP contribution in [0.4, 0.5) is 0 Å². The summed E-state index contributed by atoms with van der Waals surface area (Å²) in [5.74, 6) is 1.01. The quantitative estimate of drug-likeness (QED) is 0.890. The van der Waals surface area contributed by atoms with E-state index in [4.69, 9.17) is 15.2 Å². The van der Waals surface area contributed by atoms with E-state index in [0.29, 0.717) is 0 Å². The summed E-state index contributed by atoms with van der Waals surface area (Å²) in [7, 11) is 0. The highest BCUT2D eigenvalue weighted by atomic mass is 16.5. The minimum Gasteiger partial charge on any atom is -0.493 e. The number of aryl methyl sites for hydroxylation is 1. The Morgan fingerprint density at radius 3 is 2.89 bits per heavy atom. The van der Waals surface area contributed by atoms with Crippen LogP contribution < -0.4 is 10.5 Å². The summed E-state index contributed by atoms with van der Waals surface area (Å²) in [5, 5.41) is 0. The summed E-state index contributed by atoms with van der Waals surface area (Å²) in [6, 6.07) is 6.22. The van der Waals surface area contributed by atoms with Gasteiger partial charge in [0.25, 0.3) is 0 Å². The highest BCUT2D eigenvalue weighted by molar-refractivity contribution is 5.45. The monoisotopic (exact) mass is 261 g/mol. The Labute approximate surface area is 115 Å². The van der Waals surface area contributed by atoms with Crippen molar-refractivity contribution in [2.75, 3.05) is 13.2 Å². The first-order chi connectivity index (χ1) is 9.21. The molecule has 2 aliphatic heterocycles. The number of ether oxygens (including phenoxy) is 2. The van der Waals surface area contributed by atoms with Gasteiger partial charge in [0.1, 0.15) is 5.75 Å². The first-order valence-corrected chi connectivity index (χ1v) is 7.35. The molecular formula is C16H23NO2. The number of hydrogen-bond donors (Lipinski definition) is 1. The largest absolute Gasteiger partial charge is 0.493 e. The average Bonchev–Trinajstić information content (AvgIpc) is 2.47. The maximum Gasteiger partial charge on any atom is 0.127 e. The lowest BCUT2D eigenvalue weighted by Crippen LogP contribution is -2.43. The van der Waals surface area contributed by atoms with E-state index in [1.807, 2.05) is 0 Å². The minimum atomic E-state index is -0.256. The second kappa shape index (κ2) is 5.14. The van der Waals surface area contributed by atoms with Gasteiger partial charge in [-0.1, -0.05) is 18.2 Å². The van der Waals surface area contributed by atoms with Gasteiger partial charge in [0.15, 0.2) is 0 Å². The fourth-order valence-electron chi connectivity index (χ4n) is 3.19. The van der Waals surface area contributed by atoms with E-state index in [9.17, 15) is 0 Å². The van der Waals surface area contributed by atoms with Gasteiger partial charge in [0.05, 0.1) is 18.2 Å². The molecule has 1 saturated heterocycles. The van der Waals surface area contributed by atoms with E-state index < -0.39 is 0 Å². The van der Waals surface area contributed by atoms with Crippen LogP contribution in [-0.2, 0) is 11.2 Å². The Balaban J connectivity index is 1.93. The zero-order valence-corrected chi connectivity index (χ0v) is 11.7. The molecule has 2 heterocycles. The van der Waals surface area contributed by atoms with Crippen LogP contribution in [0.1, 0.15) is 49.8 Å². The number of para-hydroxylation sites is 1. The Morgan fingerprint density at radius 2 is 2.11 bits per heavy atom. The van der Waals surface area contributed by atoms with Crippen molar-refractivity contribution >= 4 is 0 Å². The lowest BCUT2D eigenvalue weighted by molar-refractivity contribution is -0.0824. The molecule has 19 heavy (non-hydrogen) atoms. The molecule has 0 amide bonds. The average molecular weight is 261 g/mol. The van der Waals surface area contributed by atoms with Gasteiger partial charge in [-0.25, -0.2) is 0 Å². The third kappa shape index (κ3) is 2.37. The second-order valence-electron chi connectivity index (χ2n) is 5.88. The van der Waals surface area contributed by atoms with Gasteiger partial charge in [0, 0.05) is 12.2 Å². The van der Waals surface area contributed by atoms with Crippen molar-refractivity contribution < 1.29 is 9.47 Å². The molecule has 1 aromatic rings. The Kier molecular flexibility index (Phi) is 3.50. The Bertz CT molecular complexity index is 452. The number of nitrogens with two attached hydrogens (primary N) is 1. The van der Waals surface area contributed by atoms with Gasteiger partial charge in [-0.15, -0.1) is 0 Å². The summed E-state index contributed by atoms with van der Waals surface area (Å²) >= 11 is 0. The first-order valence-electron chi connectivity index (χ1n) is 7.35. The van der Waals surface area contributed by atoms with Crippen molar-refractivity contribution in [3.8, 4) is 5.75 Å². The number of hydrogen-bond acceptors (Lipinski definition) is 3. The fourth-order valence-corrected chi connectivity index (χ4v) is 3.19. The molecule has 2 aliphatic rings. The van der Waals surface area contributed by atoms with Gasteiger partial charge in [-0.2, -0.15) is 0 Å². The summed E-state index contributed by atoms with van der Waals surface area (Å²) in [6.45, 7) is 3.76. The fraction of sp³-hybridized carbons (Fsp3) is 0.625. The molecule has 1 fully saturated rings. The molecule has 1 aromatic carbocycles. The van der Waals surface area contributed by atoms with Crippen LogP contribution >= 0.6 is 0 Å². The van der Waals surface area contributed by atoms with Gasteiger partial charge in [-0.05, 0) is 44.6 Å². The molecule has 2 unspecified atom stereocenters. The molecule has 0 aromatic heterocycles. The zero-order valence-electron chi connectivity index (χ0n) is 11.7. The Hall–Kier alpha value is -1.06. The smallest absolute Gasteiger partial charge is 0.127 e. The molecule has 3 rings (SSSR count). The molecule has 2 atom stereocenters. The van der Waals surface area contributed by atoms with E-state index >= 15 is 0 Å². The van der Waals surface area contributed by atoms with E-state index in [-0.39, 0.29) is 11.6 Å². The Morgan fingerprint density at radius 1 is 1.21 bits per heavy atom. The van der Waals surface area contributed by atoms with Crippen LogP contribution in [0, 0.1) is 0 Å². The summed E-state index contributed by atoms with van der Waals surface area (Å²) in [5.41, 5.74) is 8.67. The molecule has 0 spiro atoms. The van der Waals surface area contributed by atoms with Gasteiger partial charge in [-0.3, -0.25) is 0 Å². The lowest BCUT2D eigenvalue weighted by atomic mass is 9.83. The van der Waals surface area contributed by atoms with E-state index in [1.165, 1.54) is 12.0 Å². The molecule has 0 saturated carbocycles. The van der Waals surface area contributed by atoms with Crippen molar-refractivity contribution in [3.63, 3.8) is 0 Å². The molecular weight excluding hydrogens is 238 g/mol. The van der Waals surface area contributed by atoms with E-state index in [2.05, 4.69) is 25.1 Å². The summed E-state index contributed by atoms with van der Waals surface area (Å²) < 4.78 is 11.9.